The van der Waals surface area contributed by atoms with Crippen molar-refractivity contribution in [2.24, 2.45) is 0 Å². The monoisotopic (exact) mass is 267 g/mol. The van der Waals surface area contributed by atoms with E-state index in [1.807, 2.05) is 6.92 Å². The average Bonchev–Trinajstić information content (AvgIpc) is 2.34. The number of Topliss-reactive ketones (excluding diaryl/α,β-unsaturated/α-hetero) is 1. The quantitative estimate of drug-likeness (QED) is 0.741. The second kappa shape index (κ2) is 6.44. The average molecular weight is 267 g/mol. The third kappa shape index (κ3) is 4.07. The van der Waals surface area contributed by atoms with E-state index in [0.717, 1.165) is 6.42 Å². The van der Waals surface area contributed by atoms with Crippen molar-refractivity contribution < 1.29 is 13.2 Å². The molecule has 0 aliphatic rings. The lowest BCUT2D eigenvalue weighted by Crippen LogP contribution is -2.14. The molecule has 0 atom stereocenters. The summed E-state index contributed by atoms with van der Waals surface area (Å²) in [6.07, 6.45) is 4.22. The van der Waals surface area contributed by atoms with Gasteiger partial charge in [-0.3, -0.25) is 9.78 Å². The molecule has 1 aromatic heterocycles. The van der Waals surface area contributed by atoms with Crippen molar-refractivity contribution in [3.05, 3.63) is 35.0 Å². The number of carbonyl (C=O) groups excluding carboxylic acids is 1. The van der Waals surface area contributed by atoms with Crippen LogP contribution >= 0.6 is 0 Å². The molecule has 0 unspecified atom stereocenters. The lowest BCUT2D eigenvalue weighted by atomic mass is 10.3. The third-order valence-corrected chi connectivity index (χ3v) is 4.32. The Bertz CT molecular complexity index is 533. The Hall–Kier alpha value is -1.49. The predicted octanol–water partition coefficient (Wildman–Crippen LogP) is 2.23. The molecular formula is C13H17NO3S. The Kier molecular flexibility index (Phi) is 5.22. The Balaban J connectivity index is 3.12. The number of aromatic nitrogens is 1. The number of rotatable bonds is 6. The van der Waals surface area contributed by atoms with Crippen molar-refractivity contribution in [2.75, 3.05) is 5.75 Å². The zero-order chi connectivity index (χ0) is 13.6. The highest BCUT2D eigenvalue weighted by Gasteiger charge is 2.21. The molecule has 0 fully saturated rings. The number of nitrogens with zero attached hydrogens (tertiary/aromatic N) is 1. The second-order valence-corrected chi connectivity index (χ2v) is 6.07. The van der Waals surface area contributed by atoms with Crippen molar-refractivity contribution >= 4 is 21.7 Å². The Morgan fingerprint density at radius 1 is 1.39 bits per heavy atom. The summed E-state index contributed by atoms with van der Waals surface area (Å²) in [4.78, 5) is 15.3. The lowest BCUT2D eigenvalue weighted by molar-refractivity contribution is -0.112. The van der Waals surface area contributed by atoms with Crippen LogP contribution in [0.5, 0.6) is 0 Å². The first-order valence-corrected chi connectivity index (χ1v) is 7.49. The maximum atomic E-state index is 12.0. The first kappa shape index (κ1) is 14.6. The molecule has 1 rings (SSSR count). The fraction of sp³-hybridized carbons (Fsp3) is 0.385. The molecule has 18 heavy (non-hydrogen) atoms. The summed E-state index contributed by atoms with van der Waals surface area (Å²) in [7, 11) is -3.51. The molecule has 0 spiro atoms. The molecule has 0 saturated heterocycles. The number of allylic oxidation sites excluding steroid dienone is 1. The van der Waals surface area contributed by atoms with Crippen molar-refractivity contribution in [1.82, 2.24) is 4.98 Å². The normalized spacial score (nSPS) is 12.4. The van der Waals surface area contributed by atoms with Gasteiger partial charge in [0.2, 0.25) is 0 Å². The minimum Gasteiger partial charge on any atom is -0.294 e. The number of hydrogen-bond acceptors (Lipinski definition) is 4. The molecule has 0 aliphatic heterocycles. The van der Waals surface area contributed by atoms with Gasteiger partial charge >= 0.3 is 0 Å². The molecular weight excluding hydrogens is 250 g/mol. The molecule has 5 heteroatoms. The van der Waals surface area contributed by atoms with Crippen molar-refractivity contribution in [3.63, 3.8) is 0 Å². The van der Waals surface area contributed by atoms with E-state index in [4.69, 9.17) is 0 Å². The standard InChI is InChI=1S/C13H17NO3S/c1-3-4-9-18(16,17)13(11(2)15)10-12-7-5-6-8-14-12/h5-8,10H,3-4,9H2,1-2H3/b13-10-. The fourth-order valence-electron chi connectivity index (χ4n) is 1.45. The summed E-state index contributed by atoms with van der Waals surface area (Å²) in [6.45, 7) is 3.17. The molecule has 98 valence electrons. The van der Waals surface area contributed by atoms with Gasteiger partial charge in [0.1, 0.15) is 4.91 Å². The number of carbonyl (C=O) groups is 1. The van der Waals surface area contributed by atoms with Crippen LogP contribution in [0.15, 0.2) is 29.3 Å². The number of sulfone groups is 1. The SMILES string of the molecule is CCCCS(=O)(=O)/C(=C\c1ccccn1)C(C)=O. The van der Waals surface area contributed by atoms with Gasteiger partial charge in [-0.05, 0) is 31.6 Å². The molecule has 0 amide bonds. The van der Waals surface area contributed by atoms with Crippen molar-refractivity contribution in [1.29, 1.82) is 0 Å². The molecule has 1 heterocycles. The second-order valence-electron chi connectivity index (χ2n) is 3.99. The van der Waals surface area contributed by atoms with E-state index in [9.17, 15) is 13.2 Å². The highest BCUT2D eigenvalue weighted by Crippen LogP contribution is 2.14. The van der Waals surface area contributed by atoms with E-state index < -0.39 is 15.6 Å². The van der Waals surface area contributed by atoms with Gasteiger partial charge in [-0.25, -0.2) is 8.42 Å². The minimum atomic E-state index is -3.51. The van der Waals surface area contributed by atoms with Crippen molar-refractivity contribution in [3.8, 4) is 0 Å². The number of unbranched alkanes of at least 4 members (excludes halogenated alkanes) is 1. The number of ketones is 1. The van der Waals surface area contributed by atoms with Crippen LogP contribution in [-0.2, 0) is 14.6 Å². The Morgan fingerprint density at radius 3 is 2.61 bits per heavy atom. The van der Waals surface area contributed by atoms with E-state index >= 15 is 0 Å². The maximum absolute atomic E-state index is 12.0. The zero-order valence-corrected chi connectivity index (χ0v) is 11.4. The van der Waals surface area contributed by atoms with Crippen LogP contribution in [0.3, 0.4) is 0 Å². The van der Waals surface area contributed by atoms with E-state index in [1.54, 1.807) is 24.4 Å². The fourth-order valence-corrected chi connectivity index (χ4v) is 3.08. The Morgan fingerprint density at radius 2 is 2.11 bits per heavy atom. The van der Waals surface area contributed by atoms with E-state index in [-0.39, 0.29) is 10.7 Å². The van der Waals surface area contributed by atoms with Crippen LogP contribution in [0.2, 0.25) is 0 Å². The summed E-state index contributed by atoms with van der Waals surface area (Å²) in [5, 5.41) is 0. The van der Waals surface area contributed by atoms with Crippen LogP contribution in [0.1, 0.15) is 32.4 Å². The van der Waals surface area contributed by atoms with Crippen LogP contribution in [0.25, 0.3) is 6.08 Å². The first-order valence-electron chi connectivity index (χ1n) is 5.84. The van der Waals surface area contributed by atoms with E-state index in [1.165, 1.54) is 13.0 Å². The molecule has 0 radical (unpaired) electrons. The summed E-state index contributed by atoms with van der Waals surface area (Å²) < 4.78 is 24.0. The van der Waals surface area contributed by atoms with Crippen LogP contribution in [0, 0.1) is 0 Å². The lowest BCUT2D eigenvalue weighted by Gasteiger charge is -2.05. The molecule has 0 aromatic carbocycles. The molecule has 0 N–H and O–H groups in total. The number of hydrogen-bond donors (Lipinski definition) is 0. The summed E-state index contributed by atoms with van der Waals surface area (Å²) in [5.74, 6) is -0.446. The third-order valence-electron chi connectivity index (χ3n) is 2.42. The van der Waals surface area contributed by atoms with Gasteiger partial charge in [-0.1, -0.05) is 19.4 Å². The smallest absolute Gasteiger partial charge is 0.181 e. The molecule has 4 nitrogen and oxygen atoms in total. The molecule has 0 saturated carbocycles. The van der Waals surface area contributed by atoms with Gasteiger partial charge in [-0.2, -0.15) is 0 Å². The van der Waals surface area contributed by atoms with E-state index in [0.29, 0.717) is 12.1 Å². The molecule has 0 aliphatic carbocycles. The molecule has 1 aromatic rings. The van der Waals surface area contributed by atoms with Crippen LogP contribution < -0.4 is 0 Å². The number of pyridine rings is 1. The topological polar surface area (TPSA) is 64.1 Å². The summed E-state index contributed by atoms with van der Waals surface area (Å²) >= 11 is 0. The predicted molar refractivity (Wildman–Crippen MR) is 71.6 cm³/mol. The minimum absolute atomic E-state index is 0.00173. The van der Waals surface area contributed by atoms with Crippen LogP contribution in [-0.4, -0.2) is 24.9 Å². The maximum Gasteiger partial charge on any atom is 0.181 e. The highest BCUT2D eigenvalue weighted by molar-refractivity contribution is 7.96. The Labute approximate surface area is 108 Å². The largest absolute Gasteiger partial charge is 0.294 e. The first-order chi connectivity index (χ1) is 8.47. The summed E-state index contributed by atoms with van der Waals surface area (Å²) in [6, 6.07) is 5.14. The van der Waals surface area contributed by atoms with Gasteiger partial charge in [0.15, 0.2) is 15.6 Å². The van der Waals surface area contributed by atoms with Crippen molar-refractivity contribution in [2.45, 2.75) is 26.7 Å². The zero-order valence-electron chi connectivity index (χ0n) is 10.6. The van der Waals surface area contributed by atoms with Gasteiger partial charge in [0, 0.05) is 6.20 Å². The van der Waals surface area contributed by atoms with E-state index in [2.05, 4.69) is 4.98 Å². The van der Waals surface area contributed by atoms with Crippen LogP contribution in [0.4, 0.5) is 0 Å². The van der Waals surface area contributed by atoms with Gasteiger partial charge in [-0.15, -0.1) is 0 Å². The van der Waals surface area contributed by atoms with Gasteiger partial charge in [0.25, 0.3) is 0 Å². The highest BCUT2D eigenvalue weighted by atomic mass is 32.2. The van der Waals surface area contributed by atoms with Gasteiger partial charge in [0.05, 0.1) is 11.4 Å². The molecule has 0 bridgehead atoms. The summed E-state index contributed by atoms with van der Waals surface area (Å²) in [5.41, 5.74) is 0.475. The van der Waals surface area contributed by atoms with Gasteiger partial charge < -0.3 is 0 Å².